The molecule has 0 bridgehead atoms. The van der Waals surface area contributed by atoms with Crippen molar-refractivity contribution in [1.82, 2.24) is 9.97 Å². The van der Waals surface area contributed by atoms with E-state index in [2.05, 4.69) is 9.97 Å². The Morgan fingerprint density at radius 1 is 0.789 bits per heavy atom. The molecule has 2 N–H and O–H groups in total. The first kappa shape index (κ1) is 12.7. The second-order valence-corrected chi connectivity index (χ2v) is 3.78. The molecule has 2 aromatic carbocycles. The summed E-state index contributed by atoms with van der Waals surface area (Å²) in [6.45, 7) is 0. The molecule has 0 aliphatic rings. The Hall–Kier alpha value is -2.75. The Balaban J connectivity index is 0.000000141. The maximum atomic E-state index is 10.4. The van der Waals surface area contributed by atoms with Gasteiger partial charge in [0.15, 0.2) is 0 Å². The number of aromatic nitrogens is 2. The molecule has 0 saturated carbocycles. The summed E-state index contributed by atoms with van der Waals surface area (Å²) in [6.07, 6.45) is 3.39. The lowest BCUT2D eigenvalue weighted by Crippen LogP contribution is -2.09. The van der Waals surface area contributed by atoms with Gasteiger partial charge < -0.3 is 5.73 Å². The van der Waals surface area contributed by atoms with Gasteiger partial charge in [0.2, 0.25) is 5.91 Å². The molecule has 0 aliphatic heterocycles. The van der Waals surface area contributed by atoms with Crippen LogP contribution in [0.15, 0.2) is 67.0 Å². The van der Waals surface area contributed by atoms with E-state index in [0.717, 1.165) is 11.0 Å². The Morgan fingerprint density at radius 2 is 1.26 bits per heavy atom. The van der Waals surface area contributed by atoms with E-state index in [0.29, 0.717) is 5.56 Å². The van der Waals surface area contributed by atoms with Crippen LogP contribution in [0, 0.1) is 0 Å². The molecule has 0 aliphatic carbocycles. The fraction of sp³-hybridized carbons (Fsp3) is 0. The van der Waals surface area contributed by atoms with Crippen LogP contribution in [0.5, 0.6) is 0 Å². The number of hydrogen-bond acceptors (Lipinski definition) is 3. The Kier molecular flexibility index (Phi) is 4.18. The van der Waals surface area contributed by atoms with Crippen LogP contribution in [0.1, 0.15) is 10.4 Å². The number of rotatable bonds is 1. The van der Waals surface area contributed by atoms with Gasteiger partial charge in [0.1, 0.15) is 0 Å². The van der Waals surface area contributed by atoms with Crippen molar-refractivity contribution in [2.75, 3.05) is 0 Å². The van der Waals surface area contributed by atoms with E-state index in [4.69, 9.17) is 5.73 Å². The topological polar surface area (TPSA) is 68.9 Å². The number of carbonyl (C=O) groups is 1. The molecule has 4 heteroatoms. The summed E-state index contributed by atoms with van der Waals surface area (Å²) < 4.78 is 0. The first-order valence-corrected chi connectivity index (χ1v) is 5.78. The smallest absolute Gasteiger partial charge is 0.248 e. The molecule has 1 aromatic heterocycles. The summed E-state index contributed by atoms with van der Waals surface area (Å²) in [5.41, 5.74) is 7.43. The van der Waals surface area contributed by atoms with E-state index in [1.165, 1.54) is 0 Å². The molecule has 0 spiro atoms. The van der Waals surface area contributed by atoms with Gasteiger partial charge in [-0.25, -0.2) is 0 Å². The van der Waals surface area contributed by atoms with Gasteiger partial charge in [0.25, 0.3) is 0 Å². The van der Waals surface area contributed by atoms with Crippen LogP contribution in [0.4, 0.5) is 0 Å². The van der Waals surface area contributed by atoms with Crippen LogP contribution in [0.3, 0.4) is 0 Å². The van der Waals surface area contributed by atoms with Crippen LogP contribution in [-0.4, -0.2) is 15.9 Å². The van der Waals surface area contributed by atoms with E-state index in [1.54, 1.807) is 36.7 Å². The van der Waals surface area contributed by atoms with E-state index in [1.807, 2.05) is 30.3 Å². The second kappa shape index (κ2) is 6.26. The maximum absolute atomic E-state index is 10.4. The third-order valence-corrected chi connectivity index (χ3v) is 2.43. The van der Waals surface area contributed by atoms with Crippen LogP contribution < -0.4 is 5.73 Å². The largest absolute Gasteiger partial charge is 0.366 e. The molecule has 0 radical (unpaired) electrons. The molecule has 0 unspecified atom stereocenters. The maximum Gasteiger partial charge on any atom is 0.248 e. The quantitative estimate of drug-likeness (QED) is 0.722. The van der Waals surface area contributed by atoms with Gasteiger partial charge >= 0.3 is 0 Å². The zero-order valence-corrected chi connectivity index (χ0v) is 10.2. The lowest BCUT2D eigenvalue weighted by Gasteiger charge is -1.90. The van der Waals surface area contributed by atoms with Crippen LogP contribution in [0.25, 0.3) is 11.0 Å². The number of primary amides is 1. The molecule has 3 aromatic rings. The summed E-state index contributed by atoms with van der Waals surface area (Å²) in [7, 11) is 0. The van der Waals surface area contributed by atoms with Gasteiger partial charge in [0.05, 0.1) is 11.0 Å². The molecular formula is C15H13N3O. The first-order chi connectivity index (χ1) is 9.27. The zero-order chi connectivity index (χ0) is 13.5. The van der Waals surface area contributed by atoms with Crippen molar-refractivity contribution >= 4 is 16.9 Å². The minimum Gasteiger partial charge on any atom is -0.366 e. The highest BCUT2D eigenvalue weighted by atomic mass is 16.1. The van der Waals surface area contributed by atoms with Crippen LogP contribution in [-0.2, 0) is 0 Å². The highest BCUT2D eigenvalue weighted by molar-refractivity contribution is 5.92. The van der Waals surface area contributed by atoms with Gasteiger partial charge in [-0.3, -0.25) is 14.8 Å². The van der Waals surface area contributed by atoms with Crippen molar-refractivity contribution in [3.05, 3.63) is 72.6 Å². The highest BCUT2D eigenvalue weighted by Gasteiger charge is 1.93. The minimum atomic E-state index is -0.379. The van der Waals surface area contributed by atoms with Crippen molar-refractivity contribution in [1.29, 1.82) is 0 Å². The normalized spacial score (nSPS) is 9.47. The molecule has 4 nitrogen and oxygen atoms in total. The number of hydrogen-bond donors (Lipinski definition) is 1. The average molecular weight is 251 g/mol. The van der Waals surface area contributed by atoms with E-state index < -0.39 is 0 Å². The minimum absolute atomic E-state index is 0.379. The van der Waals surface area contributed by atoms with Crippen molar-refractivity contribution < 1.29 is 4.79 Å². The predicted octanol–water partition coefficient (Wildman–Crippen LogP) is 2.42. The SMILES string of the molecule is NC(=O)c1ccccc1.c1ccc2nccnc2c1. The van der Waals surface area contributed by atoms with Crippen molar-refractivity contribution in [3.63, 3.8) is 0 Å². The van der Waals surface area contributed by atoms with Gasteiger partial charge in [-0.15, -0.1) is 0 Å². The first-order valence-electron chi connectivity index (χ1n) is 5.78. The third kappa shape index (κ3) is 3.61. The predicted molar refractivity (Wildman–Crippen MR) is 74.5 cm³/mol. The molecule has 1 amide bonds. The number of fused-ring (bicyclic) bond motifs is 1. The van der Waals surface area contributed by atoms with Gasteiger partial charge in [-0.05, 0) is 24.3 Å². The number of carbonyl (C=O) groups excluding carboxylic acids is 1. The summed E-state index contributed by atoms with van der Waals surface area (Å²) >= 11 is 0. The third-order valence-electron chi connectivity index (χ3n) is 2.43. The molecule has 3 rings (SSSR count). The van der Waals surface area contributed by atoms with Crippen molar-refractivity contribution in [2.45, 2.75) is 0 Å². The standard InChI is InChI=1S/C8H6N2.C7H7NO/c1-2-4-8-7(3-1)9-5-6-10-8;8-7(9)6-4-2-1-3-5-6/h1-6H;1-5H,(H2,8,9). The van der Waals surface area contributed by atoms with Crippen molar-refractivity contribution in [2.24, 2.45) is 5.73 Å². The lowest BCUT2D eigenvalue weighted by molar-refractivity contribution is 0.100. The molecule has 0 atom stereocenters. The average Bonchev–Trinajstić information content (AvgIpc) is 2.49. The highest BCUT2D eigenvalue weighted by Crippen LogP contribution is 2.04. The lowest BCUT2D eigenvalue weighted by atomic mass is 10.2. The summed E-state index contributed by atoms with van der Waals surface area (Å²) in [5, 5.41) is 0. The van der Waals surface area contributed by atoms with Crippen LogP contribution in [0.2, 0.25) is 0 Å². The number of benzene rings is 2. The number of para-hydroxylation sites is 2. The van der Waals surface area contributed by atoms with Gasteiger partial charge in [0, 0.05) is 18.0 Å². The fourth-order valence-corrected chi connectivity index (χ4v) is 1.51. The summed E-state index contributed by atoms with van der Waals surface area (Å²) in [6, 6.07) is 16.6. The Morgan fingerprint density at radius 3 is 1.68 bits per heavy atom. The summed E-state index contributed by atoms with van der Waals surface area (Å²) in [4.78, 5) is 18.7. The fourth-order valence-electron chi connectivity index (χ4n) is 1.51. The van der Waals surface area contributed by atoms with Crippen molar-refractivity contribution in [3.8, 4) is 0 Å². The monoisotopic (exact) mass is 251 g/mol. The van der Waals surface area contributed by atoms with E-state index >= 15 is 0 Å². The Labute approximate surface area is 110 Å². The van der Waals surface area contributed by atoms with Gasteiger partial charge in [-0.2, -0.15) is 0 Å². The molecular weight excluding hydrogens is 238 g/mol. The summed E-state index contributed by atoms with van der Waals surface area (Å²) in [5.74, 6) is -0.379. The van der Waals surface area contributed by atoms with E-state index in [9.17, 15) is 4.79 Å². The molecule has 94 valence electrons. The number of nitrogens with two attached hydrogens (primary N) is 1. The number of nitrogens with zero attached hydrogens (tertiary/aromatic N) is 2. The van der Waals surface area contributed by atoms with Gasteiger partial charge in [-0.1, -0.05) is 30.3 Å². The van der Waals surface area contributed by atoms with E-state index in [-0.39, 0.29) is 5.91 Å². The van der Waals surface area contributed by atoms with Crippen LogP contribution >= 0.6 is 0 Å². The number of amides is 1. The molecule has 0 fully saturated rings. The molecule has 19 heavy (non-hydrogen) atoms. The molecule has 0 saturated heterocycles. The Bertz CT molecular complexity index is 603. The molecule has 1 heterocycles. The second-order valence-electron chi connectivity index (χ2n) is 3.78. The zero-order valence-electron chi connectivity index (χ0n) is 10.2.